The summed E-state index contributed by atoms with van der Waals surface area (Å²) in [6.07, 6.45) is 7.59. The van der Waals surface area contributed by atoms with E-state index in [-0.39, 0.29) is 0 Å². The molecule has 0 aliphatic heterocycles. The Morgan fingerprint density at radius 2 is 2.26 bits per heavy atom. The van der Waals surface area contributed by atoms with Crippen molar-refractivity contribution in [2.24, 2.45) is 23.7 Å². The maximum atomic E-state index is 4.37. The molecule has 2 aliphatic carbocycles. The van der Waals surface area contributed by atoms with Gasteiger partial charge in [-0.25, -0.2) is 9.67 Å². The SMILES string of the molecule is CC(C)Cn1ncnc1CNCC1CC2CCC1C2. The van der Waals surface area contributed by atoms with Crippen molar-refractivity contribution >= 4 is 0 Å². The molecule has 1 N–H and O–H groups in total. The number of rotatable bonds is 6. The average Bonchev–Trinajstić information content (AvgIpc) is 3.05. The predicted molar refractivity (Wildman–Crippen MR) is 75.5 cm³/mol. The monoisotopic (exact) mass is 262 g/mol. The van der Waals surface area contributed by atoms with E-state index >= 15 is 0 Å². The Balaban J connectivity index is 1.46. The predicted octanol–water partition coefficient (Wildman–Crippen LogP) is 2.46. The van der Waals surface area contributed by atoms with Crippen molar-refractivity contribution in [3.05, 3.63) is 12.2 Å². The summed E-state index contributed by atoms with van der Waals surface area (Å²) >= 11 is 0. The van der Waals surface area contributed by atoms with Gasteiger partial charge in [-0.2, -0.15) is 5.10 Å². The zero-order chi connectivity index (χ0) is 13.2. The molecule has 0 spiro atoms. The molecular formula is C15H26N4. The molecule has 19 heavy (non-hydrogen) atoms. The van der Waals surface area contributed by atoms with E-state index in [2.05, 4.69) is 29.2 Å². The molecular weight excluding hydrogens is 236 g/mol. The van der Waals surface area contributed by atoms with E-state index < -0.39 is 0 Å². The van der Waals surface area contributed by atoms with Gasteiger partial charge in [0.15, 0.2) is 0 Å². The summed E-state index contributed by atoms with van der Waals surface area (Å²) in [5, 5.41) is 7.92. The van der Waals surface area contributed by atoms with E-state index in [1.165, 1.54) is 25.7 Å². The number of hydrogen-bond acceptors (Lipinski definition) is 3. The third-order valence-corrected chi connectivity index (χ3v) is 4.81. The second-order valence-electron chi connectivity index (χ2n) is 6.82. The minimum absolute atomic E-state index is 0.617. The Hall–Kier alpha value is -0.900. The summed E-state index contributed by atoms with van der Waals surface area (Å²) in [5.74, 6) is 4.66. The van der Waals surface area contributed by atoms with Crippen molar-refractivity contribution in [2.45, 2.75) is 52.6 Å². The summed E-state index contributed by atoms with van der Waals surface area (Å²) in [5.41, 5.74) is 0. The van der Waals surface area contributed by atoms with Crippen molar-refractivity contribution in [3.63, 3.8) is 0 Å². The minimum Gasteiger partial charge on any atom is -0.310 e. The van der Waals surface area contributed by atoms with E-state index in [9.17, 15) is 0 Å². The van der Waals surface area contributed by atoms with Gasteiger partial charge in [-0.05, 0) is 49.5 Å². The van der Waals surface area contributed by atoms with E-state index in [4.69, 9.17) is 0 Å². The molecule has 2 bridgehead atoms. The van der Waals surface area contributed by atoms with Gasteiger partial charge in [0.2, 0.25) is 0 Å². The summed E-state index contributed by atoms with van der Waals surface area (Å²) in [6, 6.07) is 0. The van der Waals surface area contributed by atoms with Crippen LogP contribution in [0.1, 0.15) is 45.4 Å². The van der Waals surface area contributed by atoms with Crippen molar-refractivity contribution in [1.82, 2.24) is 20.1 Å². The first kappa shape index (κ1) is 13.1. The second kappa shape index (κ2) is 5.61. The second-order valence-corrected chi connectivity index (χ2v) is 6.82. The lowest BCUT2D eigenvalue weighted by molar-refractivity contribution is 0.316. The highest BCUT2D eigenvalue weighted by Crippen LogP contribution is 2.47. The Kier molecular flexibility index (Phi) is 3.87. The first-order valence-electron chi connectivity index (χ1n) is 7.79. The van der Waals surface area contributed by atoms with Crippen LogP contribution in [0.25, 0.3) is 0 Å². The summed E-state index contributed by atoms with van der Waals surface area (Å²) < 4.78 is 2.04. The fourth-order valence-corrected chi connectivity index (χ4v) is 3.92. The van der Waals surface area contributed by atoms with Gasteiger partial charge in [-0.1, -0.05) is 20.3 Å². The smallest absolute Gasteiger partial charge is 0.140 e. The van der Waals surface area contributed by atoms with Crippen molar-refractivity contribution < 1.29 is 0 Å². The summed E-state index contributed by atoms with van der Waals surface area (Å²) in [6.45, 7) is 7.42. The van der Waals surface area contributed by atoms with Crippen molar-refractivity contribution in [3.8, 4) is 0 Å². The van der Waals surface area contributed by atoms with Gasteiger partial charge >= 0.3 is 0 Å². The Morgan fingerprint density at radius 3 is 2.95 bits per heavy atom. The van der Waals surface area contributed by atoms with Crippen LogP contribution >= 0.6 is 0 Å². The van der Waals surface area contributed by atoms with Crippen LogP contribution in [0.2, 0.25) is 0 Å². The van der Waals surface area contributed by atoms with Crippen LogP contribution < -0.4 is 5.32 Å². The van der Waals surface area contributed by atoms with Crippen LogP contribution in [0.4, 0.5) is 0 Å². The van der Waals surface area contributed by atoms with Crippen LogP contribution in [0, 0.1) is 23.7 Å². The van der Waals surface area contributed by atoms with E-state index in [0.29, 0.717) is 5.92 Å². The van der Waals surface area contributed by atoms with E-state index in [1.54, 1.807) is 6.33 Å². The molecule has 1 aromatic rings. The number of aromatic nitrogens is 3. The van der Waals surface area contributed by atoms with Crippen molar-refractivity contribution in [2.75, 3.05) is 6.54 Å². The van der Waals surface area contributed by atoms with Gasteiger partial charge in [0.1, 0.15) is 12.2 Å². The third kappa shape index (κ3) is 2.99. The maximum Gasteiger partial charge on any atom is 0.140 e. The summed E-state index contributed by atoms with van der Waals surface area (Å²) in [7, 11) is 0. The first-order valence-corrected chi connectivity index (χ1v) is 7.79. The lowest BCUT2D eigenvalue weighted by Gasteiger charge is -2.21. The van der Waals surface area contributed by atoms with Gasteiger partial charge in [0.05, 0.1) is 6.54 Å². The molecule has 1 heterocycles. The molecule has 106 valence electrons. The third-order valence-electron chi connectivity index (χ3n) is 4.81. The molecule has 4 heteroatoms. The van der Waals surface area contributed by atoms with Crippen LogP contribution in [0.15, 0.2) is 6.33 Å². The topological polar surface area (TPSA) is 42.7 Å². The number of fused-ring (bicyclic) bond motifs is 2. The molecule has 0 amide bonds. The molecule has 3 atom stereocenters. The quantitative estimate of drug-likeness (QED) is 0.856. The highest BCUT2D eigenvalue weighted by Gasteiger charge is 2.38. The van der Waals surface area contributed by atoms with E-state index in [0.717, 1.165) is 43.2 Å². The number of hydrogen-bond donors (Lipinski definition) is 1. The van der Waals surface area contributed by atoms with Crippen LogP contribution in [0.5, 0.6) is 0 Å². The van der Waals surface area contributed by atoms with Crippen LogP contribution in [0.3, 0.4) is 0 Å². The van der Waals surface area contributed by atoms with Crippen molar-refractivity contribution in [1.29, 1.82) is 0 Å². The highest BCUT2D eigenvalue weighted by molar-refractivity contribution is 4.91. The summed E-state index contributed by atoms with van der Waals surface area (Å²) in [4.78, 5) is 4.37. The molecule has 4 nitrogen and oxygen atoms in total. The molecule has 0 saturated heterocycles. The average molecular weight is 262 g/mol. The minimum atomic E-state index is 0.617. The van der Waals surface area contributed by atoms with Gasteiger partial charge in [0, 0.05) is 6.54 Å². The Bertz CT molecular complexity index is 412. The van der Waals surface area contributed by atoms with Crippen LogP contribution in [-0.4, -0.2) is 21.3 Å². The standard InChI is InChI=1S/C15H26N4/c1-11(2)9-19-15(17-10-18-19)8-16-7-14-6-12-3-4-13(14)5-12/h10-14,16H,3-9H2,1-2H3. The zero-order valence-electron chi connectivity index (χ0n) is 12.2. The lowest BCUT2D eigenvalue weighted by atomic mass is 9.89. The number of nitrogens with one attached hydrogen (secondary N) is 1. The van der Waals surface area contributed by atoms with Crippen LogP contribution in [-0.2, 0) is 13.1 Å². The van der Waals surface area contributed by atoms with Gasteiger partial charge in [-0.15, -0.1) is 0 Å². The molecule has 0 aromatic carbocycles. The maximum absolute atomic E-state index is 4.37. The lowest BCUT2D eigenvalue weighted by Crippen LogP contribution is -2.27. The Morgan fingerprint density at radius 1 is 1.37 bits per heavy atom. The van der Waals surface area contributed by atoms with E-state index in [1.807, 2.05) is 4.68 Å². The van der Waals surface area contributed by atoms with Gasteiger partial charge in [-0.3, -0.25) is 0 Å². The molecule has 2 aliphatic rings. The molecule has 3 rings (SSSR count). The molecule has 0 radical (unpaired) electrons. The zero-order valence-corrected chi connectivity index (χ0v) is 12.2. The Labute approximate surface area is 116 Å². The van der Waals surface area contributed by atoms with Gasteiger partial charge in [0.25, 0.3) is 0 Å². The molecule has 1 aromatic heterocycles. The fourth-order valence-electron chi connectivity index (χ4n) is 3.92. The normalized spacial score (nSPS) is 29.5. The molecule has 2 saturated carbocycles. The highest BCUT2D eigenvalue weighted by atomic mass is 15.3. The van der Waals surface area contributed by atoms with Gasteiger partial charge < -0.3 is 5.32 Å². The molecule has 2 fully saturated rings. The molecule has 3 unspecified atom stereocenters. The number of nitrogens with zero attached hydrogens (tertiary/aromatic N) is 3. The largest absolute Gasteiger partial charge is 0.310 e. The first-order chi connectivity index (χ1) is 9.22. The fraction of sp³-hybridized carbons (Fsp3) is 0.867.